The first kappa shape index (κ1) is 22.7. The van der Waals surface area contributed by atoms with E-state index in [0.717, 1.165) is 35.7 Å². The van der Waals surface area contributed by atoms with Crippen LogP contribution in [0.5, 0.6) is 5.75 Å². The van der Waals surface area contributed by atoms with Crippen molar-refractivity contribution >= 4 is 22.7 Å². The molecule has 0 amide bonds. The maximum absolute atomic E-state index is 5.81. The van der Waals surface area contributed by atoms with Gasteiger partial charge in [-0.1, -0.05) is 33.8 Å². The Kier molecular flexibility index (Phi) is 5.77. The van der Waals surface area contributed by atoms with Crippen LogP contribution in [-0.2, 0) is 0 Å². The lowest BCUT2D eigenvalue weighted by atomic mass is 9.63. The molecule has 1 aromatic heterocycles. The summed E-state index contributed by atoms with van der Waals surface area (Å²) in [5.74, 6) is 1.83. The molecule has 0 aliphatic heterocycles. The van der Waals surface area contributed by atoms with E-state index < -0.39 is 0 Å². The number of aromatic nitrogens is 2. The Morgan fingerprint density at radius 1 is 1.00 bits per heavy atom. The van der Waals surface area contributed by atoms with Gasteiger partial charge >= 0.3 is 0 Å². The molecule has 172 valence electrons. The molecule has 0 spiro atoms. The van der Waals surface area contributed by atoms with Gasteiger partial charge in [-0.05, 0) is 99.2 Å². The summed E-state index contributed by atoms with van der Waals surface area (Å²) in [4.78, 5) is 5.11. The molecule has 1 aliphatic carbocycles. The number of hydrogen-bond donors (Lipinski definition) is 1. The molecule has 1 saturated carbocycles. The number of ether oxygens (including phenoxy) is 1. The van der Waals surface area contributed by atoms with E-state index in [9.17, 15) is 0 Å². The first-order valence-corrected chi connectivity index (χ1v) is 12.0. The highest BCUT2D eigenvalue weighted by Gasteiger charge is 2.40. The van der Waals surface area contributed by atoms with Crippen LogP contribution in [0.3, 0.4) is 0 Å². The fourth-order valence-corrected chi connectivity index (χ4v) is 5.99. The fourth-order valence-electron chi connectivity index (χ4n) is 5.99. The average Bonchev–Trinajstić information content (AvgIpc) is 2.98. The molecule has 32 heavy (non-hydrogen) atoms. The molecule has 0 atom stereocenters. The topological polar surface area (TPSA) is 39.1 Å². The number of benzene rings is 2. The van der Waals surface area contributed by atoms with Gasteiger partial charge in [0.05, 0.1) is 17.1 Å². The lowest BCUT2D eigenvalue weighted by Gasteiger charge is -2.45. The van der Waals surface area contributed by atoms with Gasteiger partial charge in [0.15, 0.2) is 0 Å². The molecule has 4 rings (SSSR count). The van der Waals surface area contributed by atoms with E-state index in [2.05, 4.69) is 75.7 Å². The lowest BCUT2D eigenvalue weighted by molar-refractivity contribution is 0.0746. The molecule has 1 fully saturated rings. The zero-order chi connectivity index (χ0) is 23.3. The van der Waals surface area contributed by atoms with Gasteiger partial charge in [0.25, 0.3) is 0 Å². The Morgan fingerprint density at radius 3 is 2.22 bits per heavy atom. The zero-order valence-corrected chi connectivity index (χ0v) is 21.0. The first-order valence-electron chi connectivity index (χ1n) is 12.0. The Labute approximate surface area is 193 Å². The van der Waals surface area contributed by atoms with Gasteiger partial charge in [0.1, 0.15) is 5.75 Å². The molecule has 1 aliphatic rings. The minimum Gasteiger partial charge on any atom is -0.491 e. The predicted molar refractivity (Wildman–Crippen MR) is 135 cm³/mol. The summed E-state index contributed by atoms with van der Waals surface area (Å²) in [5.41, 5.74) is 6.48. The normalized spacial score (nSPS) is 18.3. The molecule has 1 N–H and O–H groups in total. The van der Waals surface area contributed by atoms with Gasteiger partial charge in [-0.25, -0.2) is 4.98 Å². The number of anilines is 2. The molecular weight excluding hydrogens is 394 g/mol. The van der Waals surface area contributed by atoms with Crippen LogP contribution in [0.15, 0.2) is 36.4 Å². The number of nitrogens with zero attached hydrogens (tertiary/aromatic N) is 2. The second kappa shape index (κ2) is 8.13. The number of nitrogens with one attached hydrogen (secondary N) is 1. The van der Waals surface area contributed by atoms with E-state index in [-0.39, 0.29) is 6.10 Å². The van der Waals surface area contributed by atoms with Crippen LogP contribution in [0.4, 0.5) is 11.6 Å². The third-order valence-corrected chi connectivity index (χ3v) is 6.51. The number of fused-ring (bicyclic) bond motifs is 1. The maximum Gasteiger partial charge on any atom is 0.208 e. The largest absolute Gasteiger partial charge is 0.491 e. The molecule has 3 aromatic rings. The standard InChI is InChI=1S/C28H39N3O/c1-18(2)32-23-11-9-21(10-12-23)29-26-30-25-20(4)13-19(3)14-24(25)31(26)22-15-27(5,6)17-28(7,8)16-22/h9-14,18,22H,15-17H2,1-8H3,(H,29,30). The highest BCUT2D eigenvalue weighted by Crippen LogP contribution is 2.51. The number of rotatable bonds is 5. The molecule has 4 nitrogen and oxygen atoms in total. The van der Waals surface area contributed by atoms with Crippen LogP contribution in [0.2, 0.25) is 0 Å². The van der Waals surface area contributed by atoms with E-state index >= 15 is 0 Å². The van der Waals surface area contributed by atoms with E-state index in [1.54, 1.807) is 0 Å². The Bertz CT molecular complexity index is 1090. The van der Waals surface area contributed by atoms with Gasteiger partial charge in [-0.3, -0.25) is 0 Å². The summed E-state index contributed by atoms with van der Waals surface area (Å²) in [6, 6.07) is 13.1. The van der Waals surface area contributed by atoms with Crippen molar-refractivity contribution in [1.82, 2.24) is 9.55 Å². The maximum atomic E-state index is 5.81. The predicted octanol–water partition coefficient (Wildman–Crippen LogP) is 7.96. The first-order chi connectivity index (χ1) is 14.9. The van der Waals surface area contributed by atoms with Gasteiger partial charge < -0.3 is 14.6 Å². The van der Waals surface area contributed by atoms with Crippen LogP contribution >= 0.6 is 0 Å². The molecular formula is C28H39N3O. The van der Waals surface area contributed by atoms with Crippen molar-refractivity contribution in [3.05, 3.63) is 47.5 Å². The molecule has 2 aromatic carbocycles. The van der Waals surface area contributed by atoms with Crippen LogP contribution < -0.4 is 10.1 Å². The average molecular weight is 434 g/mol. The van der Waals surface area contributed by atoms with Gasteiger partial charge in [0, 0.05) is 11.7 Å². The van der Waals surface area contributed by atoms with Crippen molar-refractivity contribution < 1.29 is 4.74 Å². The van der Waals surface area contributed by atoms with Gasteiger partial charge in [-0.2, -0.15) is 0 Å². The minimum absolute atomic E-state index is 0.169. The van der Waals surface area contributed by atoms with Crippen LogP contribution in [0.25, 0.3) is 11.0 Å². The van der Waals surface area contributed by atoms with Crippen molar-refractivity contribution in [2.45, 2.75) is 86.8 Å². The number of hydrogen-bond acceptors (Lipinski definition) is 3. The summed E-state index contributed by atoms with van der Waals surface area (Å²) < 4.78 is 8.30. The van der Waals surface area contributed by atoms with E-state index in [4.69, 9.17) is 9.72 Å². The molecule has 1 heterocycles. The SMILES string of the molecule is Cc1cc(C)c2nc(Nc3ccc(OC(C)C)cc3)n(C3CC(C)(C)CC(C)(C)C3)c2c1. The van der Waals surface area contributed by atoms with Crippen LogP contribution in [0.1, 0.15) is 78.0 Å². The van der Waals surface area contributed by atoms with E-state index in [1.165, 1.54) is 23.1 Å². The number of imidazole rings is 1. The summed E-state index contributed by atoms with van der Waals surface area (Å²) in [6.07, 6.45) is 3.73. The Balaban J connectivity index is 1.78. The van der Waals surface area contributed by atoms with E-state index in [0.29, 0.717) is 16.9 Å². The highest BCUT2D eigenvalue weighted by molar-refractivity contribution is 5.83. The molecule has 0 bridgehead atoms. The second-order valence-electron chi connectivity index (χ2n) is 11.6. The summed E-state index contributed by atoms with van der Waals surface area (Å²) in [6.45, 7) is 18.1. The van der Waals surface area contributed by atoms with Crippen molar-refractivity contribution in [2.75, 3.05) is 5.32 Å². The molecule has 0 radical (unpaired) electrons. The summed E-state index contributed by atoms with van der Waals surface area (Å²) in [5, 5.41) is 3.64. The van der Waals surface area contributed by atoms with Crippen LogP contribution in [-0.4, -0.2) is 15.7 Å². The molecule has 0 saturated heterocycles. The van der Waals surface area contributed by atoms with E-state index in [1.807, 2.05) is 26.0 Å². The number of aryl methyl sites for hydroxylation is 2. The molecule has 0 unspecified atom stereocenters. The Morgan fingerprint density at radius 2 is 1.62 bits per heavy atom. The monoisotopic (exact) mass is 433 g/mol. The van der Waals surface area contributed by atoms with Gasteiger partial charge in [0.2, 0.25) is 5.95 Å². The van der Waals surface area contributed by atoms with Gasteiger partial charge in [-0.15, -0.1) is 0 Å². The highest BCUT2D eigenvalue weighted by atomic mass is 16.5. The third-order valence-electron chi connectivity index (χ3n) is 6.51. The fraction of sp³-hybridized carbons (Fsp3) is 0.536. The summed E-state index contributed by atoms with van der Waals surface area (Å²) in [7, 11) is 0. The van der Waals surface area contributed by atoms with Crippen molar-refractivity contribution in [3.8, 4) is 5.75 Å². The lowest BCUT2D eigenvalue weighted by Crippen LogP contribution is -2.35. The Hall–Kier alpha value is -2.49. The quantitative estimate of drug-likeness (QED) is 0.443. The van der Waals surface area contributed by atoms with Crippen molar-refractivity contribution in [2.24, 2.45) is 10.8 Å². The third kappa shape index (κ3) is 4.79. The van der Waals surface area contributed by atoms with Crippen molar-refractivity contribution in [1.29, 1.82) is 0 Å². The van der Waals surface area contributed by atoms with Crippen molar-refractivity contribution in [3.63, 3.8) is 0 Å². The zero-order valence-electron chi connectivity index (χ0n) is 21.0. The smallest absolute Gasteiger partial charge is 0.208 e. The molecule has 4 heteroatoms. The second-order valence-corrected chi connectivity index (χ2v) is 11.6. The summed E-state index contributed by atoms with van der Waals surface area (Å²) >= 11 is 0. The minimum atomic E-state index is 0.169. The van der Waals surface area contributed by atoms with Crippen LogP contribution in [0, 0.1) is 24.7 Å².